The van der Waals surface area contributed by atoms with Gasteiger partial charge in [0, 0.05) is 20.1 Å². The molecule has 0 saturated carbocycles. The molecule has 0 aromatic carbocycles. The lowest BCUT2D eigenvalue weighted by molar-refractivity contribution is -0.148. The Labute approximate surface area is 113 Å². The second-order valence-corrected chi connectivity index (χ2v) is 5.64. The van der Waals surface area contributed by atoms with Gasteiger partial charge in [-0.25, -0.2) is 9.59 Å². The summed E-state index contributed by atoms with van der Waals surface area (Å²) in [5.74, 6) is -0.966. The molecule has 0 bridgehead atoms. The zero-order valence-corrected chi connectivity index (χ0v) is 11.7. The van der Waals surface area contributed by atoms with Crippen LogP contribution in [0.5, 0.6) is 0 Å². The van der Waals surface area contributed by atoms with Gasteiger partial charge in [-0.1, -0.05) is 13.8 Å². The number of urea groups is 1. The van der Waals surface area contributed by atoms with E-state index in [2.05, 4.69) is 0 Å². The molecule has 1 N–H and O–H groups in total. The van der Waals surface area contributed by atoms with Crippen molar-refractivity contribution in [1.82, 2.24) is 9.80 Å². The van der Waals surface area contributed by atoms with Crippen LogP contribution in [0, 0.1) is 16.7 Å². The molecule has 106 valence electrons. The standard InChI is InChI=1S/C13H21N3O3/c1-13(2)6-4-9-16(10(13)11(17)18)12(19)15(3)8-5-7-14/h10H,4-6,8-9H2,1-3H3,(H,17,18). The summed E-state index contributed by atoms with van der Waals surface area (Å²) in [5, 5.41) is 17.9. The van der Waals surface area contributed by atoms with Crippen LogP contribution in [0.15, 0.2) is 0 Å². The first-order valence-electron chi connectivity index (χ1n) is 6.43. The van der Waals surface area contributed by atoms with Crippen molar-refractivity contribution in [2.45, 2.75) is 39.2 Å². The second kappa shape index (κ2) is 5.91. The zero-order chi connectivity index (χ0) is 14.6. The van der Waals surface area contributed by atoms with Gasteiger partial charge in [-0.15, -0.1) is 0 Å². The molecule has 0 spiro atoms. The van der Waals surface area contributed by atoms with E-state index in [0.29, 0.717) is 13.1 Å². The maximum absolute atomic E-state index is 12.3. The quantitative estimate of drug-likeness (QED) is 0.840. The number of piperidine rings is 1. The third-order valence-corrected chi connectivity index (χ3v) is 3.64. The molecule has 1 rings (SSSR count). The fraction of sp³-hybridized carbons (Fsp3) is 0.769. The molecule has 19 heavy (non-hydrogen) atoms. The topological polar surface area (TPSA) is 84.6 Å². The molecule has 6 heteroatoms. The molecule has 1 aliphatic rings. The number of carbonyl (C=O) groups excluding carboxylic acids is 1. The summed E-state index contributed by atoms with van der Waals surface area (Å²) >= 11 is 0. The molecule has 1 saturated heterocycles. The number of likely N-dealkylation sites (tertiary alicyclic amines) is 1. The van der Waals surface area contributed by atoms with E-state index in [1.165, 1.54) is 9.80 Å². The number of hydrogen-bond acceptors (Lipinski definition) is 3. The molecular weight excluding hydrogens is 246 g/mol. The van der Waals surface area contributed by atoms with Gasteiger partial charge in [0.15, 0.2) is 0 Å². The summed E-state index contributed by atoms with van der Waals surface area (Å²) in [7, 11) is 1.60. The van der Waals surface area contributed by atoms with E-state index in [4.69, 9.17) is 5.26 Å². The fourth-order valence-electron chi connectivity index (χ4n) is 2.60. The average molecular weight is 267 g/mol. The Hall–Kier alpha value is -1.77. The van der Waals surface area contributed by atoms with Gasteiger partial charge < -0.3 is 14.9 Å². The maximum Gasteiger partial charge on any atom is 0.327 e. The van der Waals surface area contributed by atoms with Crippen molar-refractivity contribution < 1.29 is 14.7 Å². The summed E-state index contributed by atoms with van der Waals surface area (Å²) in [4.78, 5) is 26.6. The van der Waals surface area contributed by atoms with Gasteiger partial charge >= 0.3 is 12.0 Å². The number of amides is 2. The monoisotopic (exact) mass is 267 g/mol. The van der Waals surface area contributed by atoms with Gasteiger partial charge in [0.1, 0.15) is 6.04 Å². The van der Waals surface area contributed by atoms with E-state index in [1.54, 1.807) is 7.05 Å². The number of rotatable bonds is 3. The Morgan fingerprint density at radius 3 is 2.68 bits per heavy atom. The van der Waals surface area contributed by atoms with E-state index in [0.717, 1.165) is 12.8 Å². The lowest BCUT2D eigenvalue weighted by Crippen LogP contribution is -2.58. The van der Waals surface area contributed by atoms with Gasteiger partial charge in [-0.3, -0.25) is 0 Å². The van der Waals surface area contributed by atoms with Crippen molar-refractivity contribution in [1.29, 1.82) is 5.26 Å². The van der Waals surface area contributed by atoms with Crippen LogP contribution in [-0.2, 0) is 4.79 Å². The Morgan fingerprint density at radius 2 is 2.16 bits per heavy atom. The fourth-order valence-corrected chi connectivity index (χ4v) is 2.60. The van der Waals surface area contributed by atoms with Crippen molar-refractivity contribution in [3.8, 4) is 6.07 Å². The maximum atomic E-state index is 12.3. The van der Waals surface area contributed by atoms with E-state index in [-0.39, 0.29) is 12.5 Å². The molecule has 2 amide bonds. The number of nitrogens with zero attached hydrogens (tertiary/aromatic N) is 3. The molecule has 1 unspecified atom stereocenters. The summed E-state index contributed by atoms with van der Waals surface area (Å²) in [5.41, 5.74) is -0.435. The van der Waals surface area contributed by atoms with E-state index >= 15 is 0 Å². The molecule has 1 heterocycles. The van der Waals surface area contributed by atoms with Crippen molar-refractivity contribution in [2.75, 3.05) is 20.1 Å². The molecule has 0 aromatic rings. The highest BCUT2D eigenvalue weighted by atomic mass is 16.4. The predicted octanol–water partition coefficient (Wildman–Crippen LogP) is 1.53. The van der Waals surface area contributed by atoms with E-state index in [1.807, 2.05) is 19.9 Å². The summed E-state index contributed by atoms with van der Waals surface area (Å²) < 4.78 is 0. The van der Waals surface area contributed by atoms with Gasteiger partial charge in [0.25, 0.3) is 0 Å². The highest BCUT2D eigenvalue weighted by molar-refractivity contribution is 5.83. The second-order valence-electron chi connectivity index (χ2n) is 5.64. The Bertz CT molecular complexity index is 400. The van der Waals surface area contributed by atoms with Gasteiger partial charge in [0.2, 0.25) is 0 Å². The van der Waals surface area contributed by atoms with Crippen LogP contribution >= 0.6 is 0 Å². The Balaban J connectivity index is 2.87. The molecule has 0 aromatic heterocycles. The highest BCUT2D eigenvalue weighted by Gasteiger charge is 2.45. The van der Waals surface area contributed by atoms with Crippen LogP contribution in [0.4, 0.5) is 4.79 Å². The minimum Gasteiger partial charge on any atom is -0.480 e. The van der Waals surface area contributed by atoms with Crippen LogP contribution in [0.2, 0.25) is 0 Å². The zero-order valence-electron chi connectivity index (χ0n) is 11.7. The van der Waals surface area contributed by atoms with Crippen LogP contribution in [0.3, 0.4) is 0 Å². The number of carboxylic acids is 1. The first-order chi connectivity index (χ1) is 8.81. The first kappa shape index (κ1) is 15.3. The summed E-state index contributed by atoms with van der Waals surface area (Å²) in [6.07, 6.45) is 1.83. The predicted molar refractivity (Wildman–Crippen MR) is 69.4 cm³/mol. The van der Waals surface area contributed by atoms with Crippen LogP contribution in [-0.4, -0.2) is 53.1 Å². The lowest BCUT2D eigenvalue weighted by atomic mass is 9.76. The van der Waals surface area contributed by atoms with Gasteiger partial charge in [-0.05, 0) is 18.3 Å². The number of nitriles is 1. The van der Waals surface area contributed by atoms with Crippen LogP contribution < -0.4 is 0 Å². The largest absolute Gasteiger partial charge is 0.480 e. The Kier molecular flexibility index (Phi) is 4.76. The van der Waals surface area contributed by atoms with Crippen LogP contribution in [0.1, 0.15) is 33.1 Å². The Morgan fingerprint density at radius 1 is 1.53 bits per heavy atom. The molecule has 0 radical (unpaired) electrons. The molecule has 0 aliphatic carbocycles. The normalized spacial score (nSPS) is 21.6. The lowest BCUT2D eigenvalue weighted by Gasteiger charge is -2.44. The molecule has 1 aliphatic heterocycles. The van der Waals surface area contributed by atoms with Crippen molar-refractivity contribution in [3.63, 3.8) is 0 Å². The van der Waals surface area contributed by atoms with Crippen molar-refractivity contribution in [3.05, 3.63) is 0 Å². The van der Waals surface area contributed by atoms with Gasteiger partial charge in [-0.2, -0.15) is 5.26 Å². The molecule has 1 atom stereocenters. The average Bonchev–Trinajstić information content (AvgIpc) is 2.32. The minimum atomic E-state index is -0.966. The third-order valence-electron chi connectivity index (χ3n) is 3.64. The van der Waals surface area contributed by atoms with Crippen molar-refractivity contribution >= 4 is 12.0 Å². The molecular formula is C13H21N3O3. The molecule has 1 fully saturated rings. The number of carboxylic acid groups (broad SMARTS) is 1. The van der Waals surface area contributed by atoms with Crippen molar-refractivity contribution in [2.24, 2.45) is 5.41 Å². The summed E-state index contributed by atoms with van der Waals surface area (Å²) in [6, 6.07) is 0.861. The number of carbonyl (C=O) groups is 2. The van der Waals surface area contributed by atoms with E-state index in [9.17, 15) is 14.7 Å². The third kappa shape index (κ3) is 3.37. The smallest absolute Gasteiger partial charge is 0.327 e. The SMILES string of the molecule is CN(CCC#N)C(=O)N1CCCC(C)(C)C1C(=O)O. The van der Waals surface area contributed by atoms with Crippen LogP contribution in [0.25, 0.3) is 0 Å². The number of aliphatic carboxylic acids is 1. The number of hydrogen-bond donors (Lipinski definition) is 1. The molecule has 6 nitrogen and oxygen atoms in total. The van der Waals surface area contributed by atoms with Gasteiger partial charge in [0.05, 0.1) is 12.5 Å². The van der Waals surface area contributed by atoms with E-state index < -0.39 is 17.4 Å². The highest BCUT2D eigenvalue weighted by Crippen LogP contribution is 2.35. The first-order valence-corrected chi connectivity index (χ1v) is 6.43. The minimum absolute atomic E-state index is 0.247. The summed E-state index contributed by atoms with van der Waals surface area (Å²) in [6.45, 7) is 4.52.